The van der Waals surface area contributed by atoms with Gasteiger partial charge in [-0.15, -0.1) is 0 Å². The third kappa shape index (κ3) is 2.63. The van der Waals surface area contributed by atoms with E-state index in [2.05, 4.69) is 18.8 Å². The predicted molar refractivity (Wildman–Crippen MR) is 72.3 cm³/mol. The number of nitrogens with zero attached hydrogens (tertiary/aromatic N) is 2. The second-order valence-electron chi connectivity index (χ2n) is 5.90. The molecule has 0 atom stereocenters. The highest BCUT2D eigenvalue weighted by atomic mass is 16.2. The fraction of sp³-hybridized carbons (Fsp3) is 0.571. The molecule has 98 valence electrons. The van der Waals surface area contributed by atoms with Gasteiger partial charge in [-0.1, -0.05) is 13.8 Å². The number of carbonyl (C=O) groups is 1. The first-order chi connectivity index (χ1) is 8.39. The topological polar surface area (TPSA) is 59.2 Å². The molecule has 2 rings (SSSR count). The van der Waals surface area contributed by atoms with E-state index in [9.17, 15) is 4.79 Å². The van der Waals surface area contributed by atoms with Gasteiger partial charge in [0.1, 0.15) is 0 Å². The lowest BCUT2D eigenvalue weighted by molar-refractivity contribution is 0.0582. The molecular formula is C14H21N3O. The Morgan fingerprint density at radius 2 is 2.22 bits per heavy atom. The van der Waals surface area contributed by atoms with E-state index in [1.807, 2.05) is 11.8 Å². The van der Waals surface area contributed by atoms with Crippen molar-refractivity contribution < 1.29 is 4.79 Å². The Labute approximate surface area is 108 Å². The number of nitrogens with two attached hydrogens (primary N) is 1. The lowest BCUT2D eigenvalue weighted by Gasteiger charge is -2.38. The molecule has 0 aromatic carbocycles. The van der Waals surface area contributed by atoms with Crippen LogP contribution >= 0.6 is 0 Å². The SMILES string of the molecule is Cc1ncc(N)cc1C(=O)N1CCCC(C)(C)C1. The second kappa shape index (κ2) is 4.59. The van der Waals surface area contributed by atoms with E-state index < -0.39 is 0 Å². The molecule has 1 amide bonds. The number of hydrogen-bond donors (Lipinski definition) is 1. The number of aromatic nitrogens is 1. The molecule has 1 aromatic heterocycles. The van der Waals surface area contributed by atoms with Crippen LogP contribution in [0.3, 0.4) is 0 Å². The number of nitrogen functional groups attached to an aromatic ring is 1. The van der Waals surface area contributed by atoms with Gasteiger partial charge in [0.05, 0.1) is 23.1 Å². The first kappa shape index (κ1) is 12.9. The van der Waals surface area contributed by atoms with Gasteiger partial charge in [0.25, 0.3) is 5.91 Å². The molecule has 0 aliphatic carbocycles. The van der Waals surface area contributed by atoms with Crippen LogP contribution in [0.25, 0.3) is 0 Å². The van der Waals surface area contributed by atoms with E-state index in [1.165, 1.54) is 6.42 Å². The summed E-state index contributed by atoms with van der Waals surface area (Å²) in [6.07, 6.45) is 3.82. The number of hydrogen-bond acceptors (Lipinski definition) is 3. The van der Waals surface area contributed by atoms with Crippen LogP contribution in [0.4, 0.5) is 5.69 Å². The molecule has 0 spiro atoms. The molecule has 0 unspecified atom stereocenters. The molecule has 1 aliphatic rings. The minimum Gasteiger partial charge on any atom is -0.397 e. The molecular weight excluding hydrogens is 226 g/mol. The molecule has 4 heteroatoms. The van der Waals surface area contributed by atoms with Gasteiger partial charge in [0.15, 0.2) is 0 Å². The summed E-state index contributed by atoms with van der Waals surface area (Å²) in [4.78, 5) is 18.6. The van der Waals surface area contributed by atoms with E-state index in [0.29, 0.717) is 11.3 Å². The number of amides is 1. The minimum atomic E-state index is 0.0556. The van der Waals surface area contributed by atoms with Gasteiger partial charge >= 0.3 is 0 Å². The largest absolute Gasteiger partial charge is 0.397 e. The number of pyridine rings is 1. The zero-order valence-corrected chi connectivity index (χ0v) is 11.4. The number of anilines is 1. The van der Waals surface area contributed by atoms with Crippen molar-refractivity contribution in [1.29, 1.82) is 0 Å². The quantitative estimate of drug-likeness (QED) is 0.828. The Kier molecular flexibility index (Phi) is 3.28. The van der Waals surface area contributed by atoms with Crippen LogP contribution in [0.15, 0.2) is 12.3 Å². The van der Waals surface area contributed by atoms with Crippen molar-refractivity contribution >= 4 is 11.6 Å². The fourth-order valence-electron chi connectivity index (χ4n) is 2.53. The van der Waals surface area contributed by atoms with Gasteiger partial charge in [-0.05, 0) is 31.2 Å². The predicted octanol–water partition coefficient (Wildman–Crippen LogP) is 2.23. The molecule has 4 nitrogen and oxygen atoms in total. The molecule has 1 saturated heterocycles. The minimum absolute atomic E-state index is 0.0556. The Balaban J connectivity index is 2.23. The molecule has 1 fully saturated rings. The molecule has 18 heavy (non-hydrogen) atoms. The van der Waals surface area contributed by atoms with Crippen LogP contribution in [0.1, 0.15) is 42.7 Å². The monoisotopic (exact) mass is 247 g/mol. The third-order valence-electron chi connectivity index (χ3n) is 3.53. The van der Waals surface area contributed by atoms with Gasteiger partial charge in [-0.25, -0.2) is 0 Å². The first-order valence-electron chi connectivity index (χ1n) is 6.40. The summed E-state index contributed by atoms with van der Waals surface area (Å²) in [5, 5.41) is 0. The zero-order valence-electron chi connectivity index (χ0n) is 11.4. The molecule has 1 aromatic rings. The summed E-state index contributed by atoms with van der Waals surface area (Å²) in [5.74, 6) is 0.0556. The Bertz CT molecular complexity index is 468. The number of piperidine rings is 1. The molecule has 1 aliphatic heterocycles. The normalized spacial score (nSPS) is 18.7. The highest BCUT2D eigenvalue weighted by Gasteiger charge is 2.30. The molecule has 0 saturated carbocycles. The van der Waals surface area contributed by atoms with Gasteiger partial charge in [-0.2, -0.15) is 0 Å². The summed E-state index contributed by atoms with van der Waals surface area (Å²) < 4.78 is 0. The first-order valence-corrected chi connectivity index (χ1v) is 6.40. The van der Waals surface area contributed by atoms with Crippen molar-refractivity contribution in [1.82, 2.24) is 9.88 Å². The fourth-order valence-corrected chi connectivity index (χ4v) is 2.53. The zero-order chi connectivity index (χ0) is 13.3. The van der Waals surface area contributed by atoms with Crippen LogP contribution in [-0.2, 0) is 0 Å². The Hall–Kier alpha value is -1.58. The van der Waals surface area contributed by atoms with Crippen LogP contribution in [0, 0.1) is 12.3 Å². The maximum Gasteiger partial charge on any atom is 0.255 e. The van der Waals surface area contributed by atoms with Crippen LogP contribution in [0.5, 0.6) is 0 Å². The van der Waals surface area contributed by atoms with Crippen molar-refractivity contribution in [2.45, 2.75) is 33.6 Å². The van der Waals surface area contributed by atoms with Crippen molar-refractivity contribution in [3.63, 3.8) is 0 Å². The average molecular weight is 247 g/mol. The van der Waals surface area contributed by atoms with Crippen molar-refractivity contribution in [3.05, 3.63) is 23.5 Å². The van der Waals surface area contributed by atoms with E-state index in [-0.39, 0.29) is 11.3 Å². The number of likely N-dealkylation sites (tertiary alicyclic amines) is 1. The Morgan fingerprint density at radius 3 is 2.89 bits per heavy atom. The third-order valence-corrected chi connectivity index (χ3v) is 3.53. The van der Waals surface area contributed by atoms with Gasteiger partial charge in [0.2, 0.25) is 0 Å². The summed E-state index contributed by atoms with van der Waals surface area (Å²) in [6, 6.07) is 1.73. The van der Waals surface area contributed by atoms with Crippen LogP contribution in [-0.4, -0.2) is 28.9 Å². The summed E-state index contributed by atoms with van der Waals surface area (Å²) in [6.45, 7) is 7.89. The van der Waals surface area contributed by atoms with Gasteiger partial charge in [0, 0.05) is 13.1 Å². The van der Waals surface area contributed by atoms with Crippen LogP contribution in [0.2, 0.25) is 0 Å². The molecule has 2 N–H and O–H groups in total. The van der Waals surface area contributed by atoms with Crippen LogP contribution < -0.4 is 5.73 Å². The molecule has 0 radical (unpaired) electrons. The van der Waals surface area contributed by atoms with E-state index in [0.717, 1.165) is 25.2 Å². The summed E-state index contributed by atoms with van der Waals surface area (Å²) in [5.41, 5.74) is 7.84. The lowest BCUT2D eigenvalue weighted by atomic mass is 9.84. The molecule has 0 bridgehead atoms. The smallest absolute Gasteiger partial charge is 0.255 e. The second-order valence-corrected chi connectivity index (χ2v) is 5.90. The van der Waals surface area contributed by atoms with Crippen molar-refractivity contribution in [3.8, 4) is 0 Å². The maximum atomic E-state index is 12.5. The lowest BCUT2D eigenvalue weighted by Crippen LogP contribution is -2.43. The van der Waals surface area contributed by atoms with Crippen molar-refractivity contribution in [2.24, 2.45) is 5.41 Å². The average Bonchev–Trinajstić information content (AvgIpc) is 2.30. The summed E-state index contributed by atoms with van der Waals surface area (Å²) >= 11 is 0. The highest BCUT2D eigenvalue weighted by Crippen LogP contribution is 2.29. The molecule has 2 heterocycles. The van der Waals surface area contributed by atoms with E-state index >= 15 is 0 Å². The highest BCUT2D eigenvalue weighted by molar-refractivity contribution is 5.96. The van der Waals surface area contributed by atoms with Gasteiger partial charge in [-0.3, -0.25) is 9.78 Å². The maximum absolute atomic E-state index is 12.5. The number of rotatable bonds is 1. The van der Waals surface area contributed by atoms with E-state index in [1.54, 1.807) is 12.3 Å². The van der Waals surface area contributed by atoms with Gasteiger partial charge < -0.3 is 10.6 Å². The summed E-state index contributed by atoms with van der Waals surface area (Å²) in [7, 11) is 0. The standard InChI is InChI=1S/C14H21N3O/c1-10-12(7-11(15)8-16-10)13(18)17-6-4-5-14(2,3)9-17/h7-8H,4-6,9,15H2,1-3H3. The Morgan fingerprint density at radius 1 is 1.50 bits per heavy atom. The number of carbonyl (C=O) groups excluding carboxylic acids is 1. The van der Waals surface area contributed by atoms with E-state index in [4.69, 9.17) is 5.73 Å². The number of aryl methyl sites for hydroxylation is 1. The van der Waals surface area contributed by atoms with Crippen molar-refractivity contribution in [2.75, 3.05) is 18.8 Å².